The highest BCUT2D eigenvalue weighted by atomic mass is 35.5. The summed E-state index contributed by atoms with van der Waals surface area (Å²) >= 11 is 5.73. The van der Waals surface area contributed by atoms with E-state index in [1.807, 2.05) is 0 Å². The fourth-order valence-electron chi connectivity index (χ4n) is 1.62. The molecular weight excluding hydrogens is 268 g/mol. The number of H-pyrrole nitrogens is 1. The number of aromatic hydroxyl groups is 1. The maximum Gasteiger partial charge on any atom is 0.265 e. The van der Waals surface area contributed by atoms with Gasteiger partial charge in [0.2, 0.25) is 0 Å². The topological polar surface area (TPSA) is 82.2 Å². The number of nitrogens with one attached hydrogen (secondary N) is 2. The first-order valence-electron chi connectivity index (χ1n) is 5.47. The van der Waals surface area contributed by atoms with Crippen molar-refractivity contribution < 1.29 is 9.90 Å². The molecular formula is C13H11ClN2O3. The van der Waals surface area contributed by atoms with E-state index in [2.05, 4.69) is 10.3 Å². The van der Waals surface area contributed by atoms with Gasteiger partial charge in [0.15, 0.2) is 0 Å². The molecule has 0 aliphatic rings. The average Bonchev–Trinajstić information content (AvgIpc) is 2.30. The Labute approximate surface area is 113 Å². The highest BCUT2D eigenvalue weighted by molar-refractivity contribution is 6.30. The fourth-order valence-corrected chi connectivity index (χ4v) is 1.74. The molecule has 98 valence electrons. The Hall–Kier alpha value is -2.27. The van der Waals surface area contributed by atoms with Crippen LogP contribution < -0.4 is 10.9 Å². The van der Waals surface area contributed by atoms with E-state index in [0.29, 0.717) is 16.4 Å². The minimum Gasteiger partial charge on any atom is -0.507 e. The van der Waals surface area contributed by atoms with E-state index in [0.717, 1.165) is 0 Å². The maximum absolute atomic E-state index is 11.9. The molecule has 0 fully saturated rings. The minimum absolute atomic E-state index is 0.319. The van der Waals surface area contributed by atoms with E-state index in [4.69, 9.17) is 11.6 Å². The van der Waals surface area contributed by atoms with Crippen LogP contribution in [0.2, 0.25) is 5.02 Å². The molecule has 3 N–H and O–H groups in total. The molecule has 2 aromatic rings. The minimum atomic E-state index is -0.680. The Morgan fingerprint density at radius 3 is 2.53 bits per heavy atom. The fraction of sp³-hybridized carbons (Fsp3) is 0.0769. The quantitative estimate of drug-likeness (QED) is 0.788. The average molecular weight is 279 g/mol. The van der Waals surface area contributed by atoms with Gasteiger partial charge in [0, 0.05) is 16.4 Å². The molecule has 0 saturated carbocycles. The van der Waals surface area contributed by atoms with E-state index in [9.17, 15) is 14.7 Å². The number of anilines is 1. The summed E-state index contributed by atoms with van der Waals surface area (Å²) in [7, 11) is 0. The van der Waals surface area contributed by atoms with Crippen molar-refractivity contribution in [2.45, 2.75) is 6.92 Å². The highest BCUT2D eigenvalue weighted by Crippen LogP contribution is 2.17. The van der Waals surface area contributed by atoms with Gasteiger partial charge in [-0.05, 0) is 37.3 Å². The molecule has 1 amide bonds. The van der Waals surface area contributed by atoms with Gasteiger partial charge in [-0.25, -0.2) is 0 Å². The van der Waals surface area contributed by atoms with Crippen LogP contribution in [-0.2, 0) is 0 Å². The predicted molar refractivity (Wildman–Crippen MR) is 72.9 cm³/mol. The van der Waals surface area contributed by atoms with E-state index in [1.54, 1.807) is 31.2 Å². The van der Waals surface area contributed by atoms with E-state index in [1.165, 1.54) is 6.07 Å². The van der Waals surface area contributed by atoms with Crippen LogP contribution in [0.5, 0.6) is 5.75 Å². The monoisotopic (exact) mass is 278 g/mol. The van der Waals surface area contributed by atoms with Gasteiger partial charge in [0.25, 0.3) is 11.5 Å². The largest absolute Gasteiger partial charge is 0.507 e. The van der Waals surface area contributed by atoms with Gasteiger partial charge in [0.05, 0.1) is 0 Å². The molecule has 0 saturated heterocycles. The van der Waals surface area contributed by atoms with Gasteiger partial charge in [-0.15, -0.1) is 0 Å². The van der Waals surface area contributed by atoms with E-state index >= 15 is 0 Å². The number of carbonyl (C=O) groups is 1. The number of pyridine rings is 1. The number of hydrogen-bond acceptors (Lipinski definition) is 3. The summed E-state index contributed by atoms with van der Waals surface area (Å²) in [5.41, 5.74) is 0.00355. The summed E-state index contributed by atoms with van der Waals surface area (Å²) in [5.74, 6) is -1.03. The van der Waals surface area contributed by atoms with E-state index in [-0.39, 0.29) is 11.3 Å². The standard InChI is InChI=1S/C13H11ClN2O3/c1-7-6-10(17)11(12(18)15-7)13(19)16-9-4-2-8(14)3-5-9/h2-6H,1H3,(H,16,19)(H2,15,17,18). The van der Waals surface area contributed by atoms with E-state index < -0.39 is 11.5 Å². The molecule has 2 rings (SSSR count). The first kappa shape index (κ1) is 13.2. The second kappa shape index (κ2) is 5.16. The lowest BCUT2D eigenvalue weighted by atomic mass is 10.2. The summed E-state index contributed by atoms with van der Waals surface area (Å²) in [5, 5.41) is 12.7. The summed E-state index contributed by atoms with van der Waals surface area (Å²) in [6, 6.07) is 7.73. The summed E-state index contributed by atoms with van der Waals surface area (Å²) < 4.78 is 0. The third-order valence-electron chi connectivity index (χ3n) is 2.48. The molecule has 0 aliphatic carbocycles. The van der Waals surface area contributed by atoms with Crippen molar-refractivity contribution in [3.8, 4) is 5.75 Å². The van der Waals surface area contributed by atoms with Crippen molar-refractivity contribution in [2.24, 2.45) is 0 Å². The van der Waals surface area contributed by atoms with Gasteiger partial charge < -0.3 is 15.4 Å². The molecule has 0 bridgehead atoms. The van der Waals surface area contributed by atoms with Gasteiger partial charge in [-0.1, -0.05) is 11.6 Å². The Kier molecular flexibility index (Phi) is 3.57. The van der Waals surface area contributed by atoms with Crippen molar-refractivity contribution in [1.29, 1.82) is 0 Å². The Balaban J connectivity index is 2.30. The second-order valence-electron chi connectivity index (χ2n) is 4.00. The number of benzene rings is 1. The van der Waals surface area contributed by atoms with Crippen molar-refractivity contribution in [3.05, 3.63) is 57.0 Å². The zero-order valence-corrected chi connectivity index (χ0v) is 10.8. The number of hydrogen-bond donors (Lipinski definition) is 3. The molecule has 0 atom stereocenters. The van der Waals surface area contributed by atoms with Crippen molar-refractivity contribution in [1.82, 2.24) is 4.98 Å². The number of halogens is 1. The number of aromatic amines is 1. The Morgan fingerprint density at radius 2 is 1.95 bits per heavy atom. The number of aryl methyl sites for hydroxylation is 1. The Morgan fingerprint density at radius 1 is 1.32 bits per heavy atom. The number of carbonyl (C=O) groups excluding carboxylic acids is 1. The zero-order valence-electron chi connectivity index (χ0n) is 10.0. The number of aromatic nitrogens is 1. The number of amides is 1. The van der Waals surface area contributed by atoms with Crippen LogP contribution in [0.3, 0.4) is 0 Å². The van der Waals surface area contributed by atoms with Crippen molar-refractivity contribution in [3.63, 3.8) is 0 Å². The highest BCUT2D eigenvalue weighted by Gasteiger charge is 2.16. The van der Waals surface area contributed by atoms with Gasteiger partial charge in [-0.3, -0.25) is 9.59 Å². The molecule has 1 aromatic carbocycles. The smallest absolute Gasteiger partial charge is 0.265 e. The van der Waals surface area contributed by atoms with Crippen LogP contribution in [0.15, 0.2) is 35.1 Å². The molecule has 0 unspecified atom stereocenters. The van der Waals surface area contributed by atoms with Gasteiger partial charge >= 0.3 is 0 Å². The van der Waals surface area contributed by atoms with Crippen molar-refractivity contribution in [2.75, 3.05) is 5.32 Å². The van der Waals surface area contributed by atoms with Gasteiger partial charge in [0.1, 0.15) is 11.3 Å². The molecule has 1 aromatic heterocycles. The van der Waals surface area contributed by atoms with Crippen molar-refractivity contribution >= 4 is 23.2 Å². The molecule has 19 heavy (non-hydrogen) atoms. The van der Waals surface area contributed by atoms with Crippen LogP contribution in [0.1, 0.15) is 16.1 Å². The Bertz CT molecular complexity index is 677. The SMILES string of the molecule is Cc1cc(O)c(C(=O)Nc2ccc(Cl)cc2)c(=O)[nH]1. The predicted octanol–water partition coefficient (Wildman–Crippen LogP) is 2.29. The normalized spacial score (nSPS) is 10.2. The third kappa shape index (κ3) is 2.95. The molecule has 6 heteroatoms. The lowest BCUT2D eigenvalue weighted by molar-refractivity contribution is 0.102. The molecule has 0 spiro atoms. The van der Waals surface area contributed by atoms with Crippen LogP contribution >= 0.6 is 11.6 Å². The van der Waals surface area contributed by atoms with Crippen LogP contribution in [0, 0.1) is 6.92 Å². The first-order chi connectivity index (χ1) is 8.97. The lowest BCUT2D eigenvalue weighted by Gasteiger charge is -2.06. The summed E-state index contributed by atoms with van der Waals surface area (Å²) in [6.45, 7) is 1.61. The van der Waals surface area contributed by atoms with Crippen LogP contribution in [-0.4, -0.2) is 16.0 Å². The molecule has 5 nitrogen and oxygen atoms in total. The zero-order chi connectivity index (χ0) is 14.0. The van der Waals surface area contributed by atoms with Crippen LogP contribution in [0.25, 0.3) is 0 Å². The first-order valence-corrected chi connectivity index (χ1v) is 5.85. The summed E-state index contributed by atoms with van der Waals surface area (Å²) in [4.78, 5) is 26.0. The second-order valence-corrected chi connectivity index (χ2v) is 4.44. The lowest BCUT2D eigenvalue weighted by Crippen LogP contribution is -2.23. The molecule has 0 aliphatic heterocycles. The van der Waals surface area contributed by atoms with Crippen LogP contribution in [0.4, 0.5) is 5.69 Å². The molecule has 0 radical (unpaired) electrons. The van der Waals surface area contributed by atoms with Gasteiger partial charge in [-0.2, -0.15) is 0 Å². The molecule has 1 heterocycles. The third-order valence-corrected chi connectivity index (χ3v) is 2.73. The summed E-state index contributed by atoms with van der Waals surface area (Å²) in [6.07, 6.45) is 0. The maximum atomic E-state index is 11.9. The number of rotatable bonds is 2.